The van der Waals surface area contributed by atoms with Crippen LogP contribution in [0.25, 0.3) is 20.9 Å². The molecule has 1 saturated heterocycles. The number of ether oxygens (including phenoxy) is 3. The van der Waals surface area contributed by atoms with Crippen LogP contribution in [0.2, 0.25) is 0 Å². The standard InChI is InChI=1S/C21H24N6O3/c1-15-19(24-26-22)20(25-27-23)21(29-13-17-10-6-3-7-11-17)18(30-15)14-28-12-16-8-4-2-5-9-16/h2-11,15,18-21H,12-14H2,1H3/t15-,18+,19-,20+,21+/m0/s1. The Morgan fingerprint density at radius 2 is 1.43 bits per heavy atom. The number of nitrogens with zero attached hydrogens (tertiary/aromatic N) is 6. The van der Waals surface area contributed by atoms with Gasteiger partial charge in [0.15, 0.2) is 0 Å². The van der Waals surface area contributed by atoms with E-state index in [9.17, 15) is 0 Å². The third-order valence-electron chi connectivity index (χ3n) is 4.97. The van der Waals surface area contributed by atoms with Gasteiger partial charge in [0.2, 0.25) is 0 Å². The molecule has 0 unspecified atom stereocenters. The fraction of sp³-hybridized carbons (Fsp3) is 0.429. The van der Waals surface area contributed by atoms with Gasteiger partial charge in [0.1, 0.15) is 6.10 Å². The Hall–Kier alpha value is -3.06. The lowest BCUT2D eigenvalue weighted by atomic mass is 9.92. The van der Waals surface area contributed by atoms with E-state index in [1.165, 1.54) is 0 Å². The van der Waals surface area contributed by atoms with Crippen molar-refractivity contribution >= 4 is 0 Å². The van der Waals surface area contributed by atoms with Crippen LogP contribution < -0.4 is 0 Å². The van der Waals surface area contributed by atoms with Crippen LogP contribution in [-0.2, 0) is 27.4 Å². The Bertz CT molecular complexity index is 884. The van der Waals surface area contributed by atoms with Crippen LogP contribution in [0.3, 0.4) is 0 Å². The first-order valence-electron chi connectivity index (χ1n) is 9.74. The third kappa shape index (κ3) is 5.73. The number of benzene rings is 2. The maximum atomic E-state index is 9.10. The zero-order valence-electron chi connectivity index (χ0n) is 16.7. The molecule has 30 heavy (non-hydrogen) atoms. The van der Waals surface area contributed by atoms with E-state index in [0.29, 0.717) is 13.2 Å². The van der Waals surface area contributed by atoms with Gasteiger partial charge in [-0.25, -0.2) is 0 Å². The second-order valence-electron chi connectivity index (χ2n) is 7.03. The van der Waals surface area contributed by atoms with Crippen molar-refractivity contribution in [1.29, 1.82) is 0 Å². The fourth-order valence-electron chi connectivity index (χ4n) is 3.51. The molecule has 156 valence electrons. The molecule has 0 N–H and O–H groups in total. The van der Waals surface area contributed by atoms with E-state index < -0.39 is 30.4 Å². The highest BCUT2D eigenvalue weighted by Gasteiger charge is 2.44. The molecule has 2 aromatic rings. The lowest BCUT2D eigenvalue weighted by molar-refractivity contribution is -0.175. The monoisotopic (exact) mass is 408 g/mol. The van der Waals surface area contributed by atoms with Crippen molar-refractivity contribution in [2.24, 2.45) is 10.2 Å². The summed E-state index contributed by atoms with van der Waals surface area (Å²) in [5.74, 6) is 0. The number of hydrogen-bond acceptors (Lipinski definition) is 5. The zero-order valence-corrected chi connectivity index (χ0v) is 16.7. The van der Waals surface area contributed by atoms with Gasteiger partial charge < -0.3 is 14.2 Å². The minimum Gasteiger partial charge on any atom is -0.374 e. The molecule has 0 spiro atoms. The molecular weight excluding hydrogens is 384 g/mol. The van der Waals surface area contributed by atoms with Gasteiger partial charge in [0.25, 0.3) is 0 Å². The highest BCUT2D eigenvalue weighted by molar-refractivity contribution is 5.14. The van der Waals surface area contributed by atoms with Crippen molar-refractivity contribution in [2.75, 3.05) is 6.61 Å². The summed E-state index contributed by atoms with van der Waals surface area (Å²) in [4.78, 5) is 5.86. The molecule has 0 aliphatic carbocycles. The van der Waals surface area contributed by atoms with E-state index >= 15 is 0 Å². The van der Waals surface area contributed by atoms with Gasteiger partial charge in [-0.15, -0.1) is 0 Å². The summed E-state index contributed by atoms with van der Waals surface area (Å²) >= 11 is 0. The van der Waals surface area contributed by atoms with Crippen LogP contribution in [0.5, 0.6) is 0 Å². The van der Waals surface area contributed by atoms with Crippen molar-refractivity contribution in [3.8, 4) is 0 Å². The maximum absolute atomic E-state index is 9.10. The molecule has 5 atom stereocenters. The summed E-state index contributed by atoms with van der Waals surface area (Å²) in [6.07, 6.45) is -1.55. The van der Waals surface area contributed by atoms with E-state index in [0.717, 1.165) is 11.1 Å². The van der Waals surface area contributed by atoms with Gasteiger partial charge in [0, 0.05) is 9.82 Å². The summed E-state index contributed by atoms with van der Waals surface area (Å²) in [5.41, 5.74) is 20.1. The summed E-state index contributed by atoms with van der Waals surface area (Å²) < 4.78 is 18.1. The Morgan fingerprint density at radius 1 is 0.867 bits per heavy atom. The molecule has 0 radical (unpaired) electrons. The van der Waals surface area contributed by atoms with E-state index in [4.69, 9.17) is 25.3 Å². The van der Waals surface area contributed by atoms with E-state index in [2.05, 4.69) is 20.1 Å². The minimum atomic E-state index is -0.705. The summed E-state index contributed by atoms with van der Waals surface area (Å²) in [7, 11) is 0. The molecular formula is C21H24N6O3. The Balaban J connectivity index is 1.75. The summed E-state index contributed by atoms with van der Waals surface area (Å²) in [6.45, 7) is 2.77. The fourth-order valence-corrected chi connectivity index (χ4v) is 3.51. The van der Waals surface area contributed by atoms with Crippen LogP contribution in [0.15, 0.2) is 70.9 Å². The normalized spacial score (nSPS) is 25.7. The molecule has 9 nitrogen and oxygen atoms in total. The van der Waals surface area contributed by atoms with Crippen molar-refractivity contribution < 1.29 is 14.2 Å². The Kier molecular flexibility index (Phi) is 8.09. The second-order valence-corrected chi connectivity index (χ2v) is 7.03. The number of azide groups is 2. The van der Waals surface area contributed by atoms with Crippen molar-refractivity contribution in [3.63, 3.8) is 0 Å². The lowest BCUT2D eigenvalue weighted by Gasteiger charge is -2.42. The third-order valence-corrected chi connectivity index (χ3v) is 4.97. The van der Waals surface area contributed by atoms with Gasteiger partial charge in [-0.05, 0) is 29.1 Å². The first kappa shape index (κ1) is 21.6. The van der Waals surface area contributed by atoms with Crippen LogP contribution >= 0.6 is 0 Å². The predicted molar refractivity (Wildman–Crippen MR) is 111 cm³/mol. The van der Waals surface area contributed by atoms with Crippen molar-refractivity contribution in [2.45, 2.75) is 50.5 Å². The molecule has 0 aromatic heterocycles. The molecule has 1 heterocycles. The van der Waals surface area contributed by atoms with Gasteiger partial charge >= 0.3 is 0 Å². The lowest BCUT2D eigenvalue weighted by Crippen LogP contribution is -2.57. The maximum Gasteiger partial charge on any atom is 0.108 e. The van der Waals surface area contributed by atoms with Crippen LogP contribution in [0, 0.1) is 0 Å². The Labute approximate surface area is 174 Å². The SMILES string of the molecule is C[C@@H]1O[C@H](COCc2ccccc2)[C@@H](OCc2ccccc2)[C@H](N=[N+]=[N-])[C@H]1N=[N+]=[N-]. The molecule has 3 rings (SSSR count). The van der Waals surface area contributed by atoms with Crippen LogP contribution in [0.4, 0.5) is 0 Å². The van der Waals surface area contributed by atoms with Gasteiger partial charge in [0.05, 0.1) is 44.1 Å². The van der Waals surface area contributed by atoms with Crippen LogP contribution in [-0.4, -0.2) is 37.0 Å². The van der Waals surface area contributed by atoms with Gasteiger partial charge in [-0.3, -0.25) is 0 Å². The largest absolute Gasteiger partial charge is 0.374 e. The smallest absolute Gasteiger partial charge is 0.108 e. The van der Waals surface area contributed by atoms with Crippen molar-refractivity contribution in [3.05, 3.63) is 92.7 Å². The quantitative estimate of drug-likeness (QED) is 0.331. The molecule has 1 fully saturated rings. The van der Waals surface area contributed by atoms with E-state index in [1.54, 1.807) is 6.92 Å². The molecule has 1 aliphatic heterocycles. The number of rotatable bonds is 9. The average Bonchev–Trinajstić information content (AvgIpc) is 2.77. The van der Waals surface area contributed by atoms with Crippen molar-refractivity contribution in [1.82, 2.24) is 0 Å². The molecule has 0 amide bonds. The topological polar surface area (TPSA) is 125 Å². The first-order chi connectivity index (χ1) is 14.7. The zero-order chi connectivity index (χ0) is 21.2. The van der Waals surface area contributed by atoms with Crippen LogP contribution in [0.1, 0.15) is 18.1 Å². The summed E-state index contributed by atoms with van der Waals surface area (Å²) in [5, 5.41) is 7.70. The predicted octanol–water partition coefficient (Wildman–Crippen LogP) is 4.93. The highest BCUT2D eigenvalue weighted by atomic mass is 16.6. The molecule has 1 aliphatic rings. The molecule has 2 aromatic carbocycles. The van der Waals surface area contributed by atoms with Gasteiger partial charge in [-0.2, -0.15) is 0 Å². The highest BCUT2D eigenvalue weighted by Crippen LogP contribution is 2.29. The second kappa shape index (κ2) is 11.2. The first-order valence-corrected chi connectivity index (χ1v) is 9.74. The van der Waals surface area contributed by atoms with E-state index in [-0.39, 0.29) is 6.61 Å². The van der Waals surface area contributed by atoms with Gasteiger partial charge in [-0.1, -0.05) is 70.9 Å². The van der Waals surface area contributed by atoms with E-state index in [1.807, 2.05) is 60.7 Å². The Morgan fingerprint density at radius 3 is 2.03 bits per heavy atom. The molecule has 0 bridgehead atoms. The molecule has 9 heteroatoms. The minimum absolute atomic E-state index is 0.249. The number of hydrogen-bond donors (Lipinski definition) is 0. The average molecular weight is 408 g/mol. The summed E-state index contributed by atoms with van der Waals surface area (Å²) in [6, 6.07) is 18.1. The molecule has 0 saturated carbocycles.